The molecular weight excluding hydrogens is 424 g/mol. The number of piperazine rings is 1. The van der Waals surface area contributed by atoms with E-state index < -0.39 is 29.8 Å². The Hall–Kier alpha value is -3.55. The van der Waals surface area contributed by atoms with Gasteiger partial charge in [0.25, 0.3) is 0 Å². The molecule has 4 rings (SSSR count). The van der Waals surface area contributed by atoms with Crippen LogP contribution in [0.2, 0.25) is 0 Å². The lowest BCUT2D eigenvalue weighted by Crippen LogP contribution is -2.62. The molecule has 0 unspecified atom stereocenters. The minimum absolute atomic E-state index is 0.00850. The average molecular weight is 451 g/mol. The molecule has 2 aliphatic rings. The van der Waals surface area contributed by atoms with E-state index in [0.717, 1.165) is 27.2 Å². The van der Waals surface area contributed by atoms with Crippen molar-refractivity contribution in [2.75, 3.05) is 26.2 Å². The van der Waals surface area contributed by atoms with Crippen molar-refractivity contribution >= 4 is 18.2 Å². The molecular formula is C25H27N2O6-. The molecule has 0 bridgehead atoms. The minimum Gasteiger partial charge on any atom is -0.548 e. The lowest BCUT2D eigenvalue weighted by molar-refractivity contribution is -0.312. The highest BCUT2D eigenvalue weighted by molar-refractivity contribution is 5.81. The number of hydrogen-bond donors (Lipinski definition) is 0. The topological polar surface area (TPSA) is 99.2 Å². The van der Waals surface area contributed by atoms with Gasteiger partial charge in [0.05, 0.1) is 18.6 Å². The number of carbonyl (C=O) groups is 3. The van der Waals surface area contributed by atoms with E-state index in [1.165, 1.54) is 4.90 Å². The van der Waals surface area contributed by atoms with Gasteiger partial charge in [-0.25, -0.2) is 9.59 Å². The maximum atomic E-state index is 12.9. The number of carboxylic acid groups (broad SMARTS) is 1. The van der Waals surface area contributed by atoms with Gasteiger partial charge in [-0.1, -0.05) is 48.5 Å². The van der Waals surface area contributed by atoms with Crippen LogP contribution in [-0.4, -0.2) is 65.8 Å². The molecule has 1 saturated heterocycles. The lowest BCUT2D eigenvalue weighted by Gasteiger charge is -2.41. The monoisotopic (exact) mass is 451 g/mol. The first-order valence-electron chi connectivity index (χ1n) is 11.0. The van der Waals surface area contributed by atoms with Crippen molar-refractivity contribution in [3.63, 3.8) is 0 Å². The van der Waals surface area contributed by atoms with Crippen LogP contribution < -0.4 is 5.11 Å². The summed E-state index contributed by atoms with van der Waals surface area (Å²) in [6, 6.07) is 14.6. The van der Waals surface area contributed by atoms with Crippen LogP contribution in [0.25, 0.3) is 11.1 Å². The van der Waals surface area contributed by atoms with E-state index in [9.17, 15) is 19.5 Å². The number of nitrogens with zero attached hydrogens (tertiary/aromatic N) is 2. The first kappa shape index (κ1) is 22.6. The Kier molecular flexibility index (Phi) is 6.01. The van der Waals surface area contributed by atoms with Crippen molar-refractivity contribution in [1.82, 2.24) is 9.80 Å². The molecule has 2 aromatic rings. The number of carbonyl (C=O) groups excluding carboxylic acids is 3. The Labute approximate surface area is 192 Å². The summed E-state index contributed by atoms with van der Waals surface area (Å²) in [5.74, 6) is -1.58. The number of benzene rings is 2. The summed E-state index contributed by atoms with van der Waals surface area (Å²) in [6.45, 7) is 5.20. The molecule has 2 amide bonds. The van der Waals surface area contributed by atoms with Gasteiger partial charge in [-0.05, 0) is 43.0 Å². The molecule has 8 nitrogen and oxygen atoms in total. The summed E-state index contributed by atoms with van der Waals surface area (Å²) in [4.78, 5) is 39.4. The van der Waals surface area contributed by atoms with E-state index in [-0.39, 0.29) is 32.2 Å². The molecule has 0 spiro atoms. The quantitative estimate of drug-likeness (QED) is 0.711. The Balaban J connectivity index is 1.45. The molecule has 2 aromatic carbocycles. The number of aliphatic carboxylic acids is 1. The minimum atomic E-state index is -1.45. The van der Waals surface area contributed by atoms with E-state index in [1.807, 2.05) is 48.5 Å². The number of ether oxygens (including phenoxy) is 2. The predicted molar refractivity (Wildman–Crippen MR) is 118 cm³/mol. The molecule has 1 fully saturated rings. The van der Waals surface area contributed by atoms with Crippen LogP contribution in [0.5, 0.6) is 0 Å². The zero-order chi connectivity index (χ0) is 23.8. The molecule has 1 heterocycles. The van der Waals surface area contributed by atoms with E-state index in [4.69, 9.17) is 9.47 Å². The Morgan fingerprint density at radius 2 is 1.52 bits per heavy atom. The van der Waals surface area contributed by atoms with Crippen molar-refractivity contribution in [3.05, 3.63) is 59.7 Å². The zero-order valence-corrected chi connectivity index (χ0v) is 18.9. The molecule has 0 N–H and O–H groups in total. The fourth-order valence-corrected chi connectivity index (χ4v) is 4.37. The van der Waals surface area contributed by atoms with Gasteiger partial charge in [-0.2, -0.15) is 0 Å². The van der Waals surface area contributed by atoms with Gasteiger partial charge < -0.3 is 24.3 Å². The third-order valence-electron chi connectivity index (χ3n) is 5.87. The van der Waals surface area contributed by atoms with Crippen molar-refractivity contribution in [1.29, 1.82) is 0 Å². The van der Waals surface area contributed by atoms with Gasteiger partial charge in [-0.3, -0.25) is 4.90 Å². The molecule has 1 atom stereocenters. The van der Waals surface area contributed by atoms with Crippen molar-refractivity contribution < 1.29 is 29.0 Å². The van der Waals surface area contributed by atoms with Gasteiger partial charge in [0, 0.05) is 19.0 Å². The number of rotatable bonds is 3. The number of carboxylic acids is 1. The fourth-order valence-electron chi connectivity index (χ4n) is 4.37. The van der Waals surface area contributed by atoms with Gasteiger partial charge in [0.15, 0.2) is 0 Å². The van der Waals surface area contributed by atoms with Crippen LogP contribution >= 0.6 is 0 Å². The highest BCUT2D eigenvalue weighted by atomic mass is 16.6. The highest BCUT2D eigenvalue weighted by Gasteiger charge is 2.37. The normalized spacial score (nSPS) is 17.8. The molecule has 0 radical (unpaired) electrons. The van der Waals surface area contributed by atoms with Crippen LogP contribution in [0.4, 0.5) is 9.59 Å². The van der Waals surface area contributed by atoms with E-state index in [0.29, 0.717) is 0 Å². The van der Waals surface area contributed by atoms with Crippen molar-refractivity contribution in [3.8, 4) is 11.1 Å². The van der Waals surface area contributed by atoms with Crippen LogP contribution in [0.3, 0.4) is 0 Å². The van der Waals surface area contributed by atoms with E-state index in [1.54, 1.807) is 20.8 Å². The Morgan fingerprint density at radius 3 is 2.06 bits per heavy atom. The fraction of sp³-hybridized carbons (Fsp3) is 0.400. The summed E-state index contributed by atoms with van der Waals surface area (Å²) in [7, 11) is 0. The van der Waals surface area contributed by atoms with Gasteiger partial charge in [-0.15, -0.1) is 0 Å². The molecule has 0 saturated carbocycles. The SMILES string of the molecule is CC(C)(C)OC(=O)N1CCN(C(=O)OCC2c3ccccc3-c3ccccc32)[C@H](C(=O)[O-])C1. The number of amides is 2. The summed E-state index contributed by atoms with van der Waals surface area (Å²) >= 11 is 0. The van der Waals surface area contributed by atoms with Crippen molar-refractivity contribution in [2.24, 2.45) is 0 Å². The highest BCUT2D eigenvalue weighted by Crippen LogP contribution is 2.44. The predicted octanol–water partition coefficient (Wildman–Crippen LogP) is 2.61. The Bertz CT molecular complexity index is 1030. The smallest absolute Gasteiger partial charge is 0.410 e. The molecule has 1 aliphatic heterocycles. The van der Waals surface area contributed by atoms with E-state index in [2.05, 4.69) is 0 Å². The molecule has 33 heavy (non-hydrogen) atoms. The van der Waals surface area contributed by atoms with Crippen LogP contribution in [0, 0.1) is 0 Å². The average Bonchev–Trinajstić information content (AvgIpc) is 3.09. The van der Waals surface area contributed by atoms with Crippen LogP contribution in [0.15, 0.2) is 48.5 Å². The van der Waals surface area contributed by atoms with Crippen LogP contribution in [0.1, 0.15) is 37.8 Å². The largest absolute Gasteiger partial charge is 0.548 e. The standard InChI is InChI=1S/C25H28N2O6/c1-25(2,3)33-23(30)26-12-13-27(21(14-26)22(28)29)24(31)32-15-20-18-10-6-4-8-16(18)17-9-5-7-11-19(17)20/h4-11,20-21H,12-15H2,1-3H3,(H,28,29)/p-1/t21-/m0/s1. The number of fused-ring (bicyclic) bond motifs is 3. The van der Waals surface area contributed by atoms with Gasteiger partial charge in [0.2, 0.25) is 0 Å². The maximum absolute atomic E-state index is 12.9. The second-order valence-electron chi connectivity index (χ2n) is 9.26. The summed E-state index contributed by atoms with van der Waals surface area (Å²) < 4.78 is 10.9. The first-order valence-corrected chi connectivity index (χ1v) is 11.0. The molecule has 0 aromatic heterocycles. The summed E-state index contributed by atoms with van der Waals surface area (Å²) in [5.41, 5.74) is 3.63. The summed E-state index contributed by atoms with van der Waals surface area (Å²) in [6.07, 6.45) is -1.36. The summed E-state index contributed by atoms with van der Waals surface area (Å²) in [5, 5.41) is 11.8. The maximum Gasteiger partial charge on any atom is 0.410 e. The first-order chi connectivity index (χ1) is 15.7. The second kappa shape index (κ2) is 8.77. The number of hydrogen-bond acceptors (Lipinski definition) is 6. The molecule has 1 aliphatic carbocycles. The van der Waals surface area contributed by atoms with E-state index >= 15 is 0 Å². The third kappa shape index (κ3) is 4.65. The Morgan fingerprint density at radius 1 is 0.939 bits per heavy atom. The molecule has 174 valence electrons. The second-order valence-corrected chi connectivity index (χ2v) is 9.26. The van der Waals surface area contributed by atoms with Gasteiger partial charge in [0.1, 0.15) is 12.2 Å². The molecule has 8 heteroatoms. The third-order valence-corrected chi connectivity index (χ3v) is 5.87. The van der Waals surface area contributed by atoms with Crippen molar-refractivity contribution in [2.45, 2.75) is 38.3 Å². The van der Waals surface area contributed by atoms with Crippen LogP contribution in [-0.2, 0) is 14.3 Å². The lowest BCUT2D eigenvalue weighted by atomic mass is 9.98. The zero-order valence-electron chi connectivity index (χ0n) is 18.9. The van der Waals surface area contributed by atoms with Gasteiger partial charge >= 0.3 is 12.2 Å².